The van der Waals surface area contributed by atoms with Gasteiger partial charge in [-0.3, -0.25) is 9.59 Å². The van der Waals surface area contributed by atoms with E-state index in [1.54, 1.807) is 25.1 Å². The van der Waals surface area contributed by atoms with Gasteiger partial charge in [-0.15, -0.1) is 0 Å². The number of alkyl halides is 2. The lowest BCUT2D eigenvalue weighted by molar-refractivity contribution is 0.0648. The van der Waals surface area contributed by atoms with Gasteiger partial charge >= 0.3 is 0 Å². The third kappa shape index (κ3) is 4.38. The summed E-state index contributed by atoms with van der Waals surface area (Å²) in [5.74, 6) is -1.02. The van der Waals surface area contributed by atoms with Crippen molar-refractivity contribution < 1.29 is 22.4 Å². The smallest absolute Gasteiger partial charge is 0.261 e. The van der Waals surface area contributed by atoms with Crippen molar-refractivity contribution in [3.05, 3.63) is 64.0 Å². The molecule has 1 saturated carbocycles. The number of carbonyl (C=O) groups is 1. The van der Waals surface area contributed by atoms with E-state index in [0.717, 1.165) is 36.8 Å². The predicted octanol–water partition coefficient (Wildman–Crippen LogP) is 4.48. The molecule has 192 valence electrons. The molecule has 3 aromatic rings. The third-order valence-electron chi connectivity index (χ3n) is 7.42. The number of amides is 1. The van der Waals surface area contributed by atoms with Crippen LogP contribution in [0.1, 0.15) is 54.6 Å². The molecule has 3 heterocycles. The van der Waals surface area contributed by atoms with Gasteiger partial charge in [0.1, 0.15) is 17.4 Å². The van der Waals surface area contributed by atoms with Gasteiger partial charge in [0.25, 0.3) is 17.9 Å². The van der Waals surface area contributed by atoms with Crippen LogP contribution in [0.2, 0.25) is 0 Å². The summed E-state index contributed by atoms with van der Waals surface area (Å²) in [5, 5.41) is 6.49. The fraction of sp³-hybridized carbons (Fsp3) is 0.462. The molecule has 5 rings (SSSR count). The highest BCUT2D eigenvalue weighted by Crippen LogP contribution is 2.48. The van der Waals surface area contributed by atoms with E-state index in [-0.39, 0.29) is 24.4 Å². The number of likely N-dealkylation sites (tertiary alicyclic amines) is 1. The van der Waals surface area contributed by atoms with Crippen molar-refractivity contribution >= 4 is 22.6 Å². The molecule has 0 radical (unpaired) electrons. The van der Waals surface area contributed by atoms with E-state index in [2.05, 4.69) is 15.5 Å². The van der Waals surface area contributed by atoms with Gasteiger partial charge in [0.15, 0.2) is 5.82 Å². The lowest BCUT2D eigenvalue weighted by Gasteiger charge is -2.31. The Kier molecular flexibility index (Phi) is 6.32. The molecule has 1 saturated heterocycles. The van der Waals surface area contributed by atoms with E-state index >= 15 is 0 Å². The zero-order chi connectivity index (χ0) is 25.6. The van der Waals surface area contributed by atoms with Crippen LogP contribution in [0.4, 0.5) is 18.9 Å². The molecule has 2 fully saturated rings. The molecular weight excluding hydrogens is 473 g/mol. The molecule has 1 atom stereocenters. The highest BCUT2D eigenvalue weighted by molar-refractivity contribution is 5.99. The van der Waals surface area contributed by atoms with Crippen molar-refractivity contribution in [3.63, 3.8) is 0 Å². The molecule has 10 heteroatoms. The Morgan fingerprint density at radius 3 is 2.61 bits per heavy atom. The number of nitrogens with zero attached hydrogens (tertiary/aromatic N) is 2. The van der Waals surface area contributed by atoms with Crippen LogP contribution in [0.5, 0.6) is 0 Å². The Hall–Kier alpha value is -3.27. The Morgan fingerprint density at radius 1 is 1.22 bits per heavy atom. The Bertz CT molecular complexity index is 1340. The van der Waals surface area contributed by atoms with Gasteiger partial charge < -0.3 is 24.5 Å². The summed E-state index contributed by atoms with van der Waals surface area (Å²) in [6, 6.07) is 5.71. The SMILES string of the molecule is CC(NC(=O)c1cn(C2(C(F)F)CC2)c(=O)cc1NC1CCN(C)CC1)c1cccc2c(F)coc12. The number of anilines is 1. The molecular formula is C26H29F3N4O3. The van der Waals surface area contributed by atoms with E-state index in [9.17, 15) is 22.8 Å². The summed E-state index contributed by atoms with van der Waals surface area (Å²) in [6.45, 7) is 3.46. The number of halogens is 3. The van der Waals surface area contributed by atoms with Crippen LogP contribution in [0.25, 0.3) is 11.0 Å². The van der Waals surface area contributed by atoms with Gasteiger partial charge in [-0.25, -0.2) is 13.2 Å². The van der Waals surface area contributed by atoms with E-state index < -0.39 is 35.3 Å². The lowest BCUT2D eigenvalue weighted by atomic mass is 10.0. The molecule has 0 spiro atoms. The summed E-state index contributed by atoms with van der Waals surface area (Å²) in [7, 11) is 2.03. The molecule has 1 aliphatic heterocycles. The molecule has 7 nitrogen and oxygen atoms in total. The normalized spacial score (nSPS) is 18.9. The number of nitrogens with one attached hydrogen (secondary N) is 2. The first-order chi connectivity index (χ1) is 17.2. The largest absolute Gasteiger partial charge is 0.461 e. The number of benzene rings is 1. The summed E-state index contributed by atoms with van der Waals surface area (Å²) in [5.41, 5.74) is -0.793. The fourth-order valence-corrected chi connectivity index (χ4v) is 4.99. The second-order valence-corrected chi connectivity index (χ2v) is 9.94. The number of carbonyl (C=O) groups excluding carboxylic acids is 1. The molecule has 2 N–H and O–H groups in total. The monoisotopic (exact) mass is 502 g/mol. The molecule has 1 unspecified atom stereocenters. The van der Waals surface area contributed by atoms with Crippen molar-refractivity contribution in [3.8, 4) is 0 Å². The number of rotatable bonds is 7. The summed E-state index contributed by atoms with van der Waals surface area (Å²) < 4.78 is 48.1. The van der Waals surface area contributed by atoms with Crippen LogP contribution in [-0.4, -0.2) is 48.0 Å². The topological polar surface area (TPSA) is 79.5 Å². The maximum absolute atomic E-state index is 14.0. The Morgan fingerprint density at radius 2 is 1.94 bits per heavy atom. The summed E-state index contributed by atoms with van der Waals surface area (Å²) >= 11 is 0. The minimum atomic E-state index is -2.72. The number of furan rings is 1. The van der Waals surface area contributed by atoms with Gasteiger partial charge in [0, 0.05) is 23.9 Å². The Labute approximate surface area is 206 Å². The van der Waals surface area contributed by atoms with Gasteiger partial charge in [0.2, 0.25) is 0 Å². The average molecular weight is 503 g/mol. The average Bonchev–Trinajstić information content (AvgIpc) is 3.57. The maximum atomic E-state index is 14.0. The summed E-state index contributed by atoms with van der Waals surface area (Å²) in [6.07, 6.45) is 1.55. The minimum absolute atomic E-state index is 0.0465. The van der Waals surface area contributed by atoms with E-state index in [0.29, 0.717) is 22.2 Å². The molecule has 36 heavy (non-hydrogen) atoms. The van der Waals surface area contributed by atoms with E-state index in [4.69, 9.17) is 4.42 Å². The van der Waals surface area contributed by atoms with Crippen molar-refractivity contribution in [2.75, 3.05) is 25.5 Å². The van der Waals surface area contributed by atoms with Crippen molar-refractivity contribution in [1.82, 2.24) is 14.8 Å². The van der Waals surface area contributed by atoms with Gasteiger partial charge in [-0.1, -0.05) is 12.1 Å². The van der Waals surface area contributed by atoms with Crippen molar-refractivity contribution in [2.24, 2.45) is 0 Å². The lowest BCUT2D eigenvalue weighted by Crippen LogP contribution is -2.40. The second-order valence-electron chi connectivity index (χ2n) is 9.94. The fourth-order valence-electron chi connectivity index (χ4n) is 4.99. The molecule has 1 aliphatic carbocycles. The number of para-hydroxylation sites is 1. The maximum Gasteiger partial charge on any atom is 0.261 e. The van der Waals surface area contributed by atoms with Gasteiger partial charge in [-0.05, 0) is 58.8 Å². The van der Waals surface area contributed by atoms with E-state index in [1.165, 1.54) is 12.3 Å². The van der Waals surface area contributed by atoms with Crippen LogP contribution in [0, 0.1) is 5.82 Å². The third-order valence-corrected chi connectivity index (χ3v) is 7.42. The second kappa shape index (κ2) is 9.31. The van der Waals surface area contributed by atoms with Gasteiger partial charge in [0.05, 0.1) is 22.7 Å². The first kappa shape index (κ1) is 24.4. The van der Waals surface area contributed by atoms with Crippen molar-refractivity contribution in [1.29, 1.82) is 0 Å². The highest BCUT2D eigenvalue weighted by Gasteiger charge is 2.53. The number of piperidine rings is 1. The molecule has 2 aliphatic rings. The van der Waals surface area contributed by atoms with Gasteiger partial charge in [-0.2, -0.15) is 0 Å². The van der Waals surface area contributed by atoms with E-state index in [1.807, 2.05) is 7.05 Å². The number of pyridine rings is 1. The first-order valence-electron chi connectivity index (χ1n) is 12.2. The van der Waals surface area contributed by atoms with Crippen LogP contribution >= 0.6 is 0 Å². The zero-order valence-corrected chi connectivity index (χ0v) is 20.2. The molecule has 1 aromatic carbocycles. The molecule has 1 amide bonds. The van der Waals surface area contributed by atoms with Crippen LogP contribution in [0.3, 0.4) is 0 Å². The van der Waals surface area contributed by atoms with Crippen LogP contribution in [0.15, 0.2) is 45.9 Å². The van der Waals surface area contributed by atoms with Crippen LogP contribution < -0.4 is 16.2 Å². The predicted molar refractivity (Wildman–Crippen MR) is 130 cm³/mol. The Balaban J connectivity index is 1.48. The standard InChI is InChI=1S/C26H29F3N4O3/c1-15(17-4-3-5-18-20(27)14-36-23(17)18)30-24(35)19-13-33(26(8-9-26)25(28)29)22(34)12-21(19)31-16-6-10-32(2)11-7-16/h3-5,12-16,25,31H,6-11H2,1-2H3,(H,30,35). The number of hydrogen-bond donors (Lipinski definition) is 2. The zero-order valence-electron chi connectivity index (χ0n) is 20.2. The molecule has 2 aromatic heterocycles. The molecule has 0 bridgehead atoms. The highest BCUT2D eigenvalue weighted by atomic mass is 19.3. The van der Waals surface area contributed by atoms with Crippen molar-refractivity contribution in [2.45, 2.75) is 56.7 Å². The number of hydrogen-bond acceptors (Lipinski definition) is 5. The van der Waals surface area contributed by atoms with Crippen LogP contribution in [-0.2, 0) is 5.54 Å². The number of fused-ring (bicyclic) bond motifs is 1. The quantitative estimate of drug-likeness (QED) is 0.498. The minimum Gasteiger partial charge on any atom is -0.461 e. The summed E-state index contributed by atoms with van der Waals surface area (Å²) in [4.78, 5) is 28.6. The number of aromatic nitrogens is 1. The first-order valence-corrected chi connectivity index (χ1v) is 12.2.